The van der Waals surface area contributed by atoms with E-state index < -0.39 is 23.5 Å². The van der Waals surface area contributed by atoms with Gasteiger partial charge in [-0.15, -0.1) is 0 Å². The van der Waals surface area contributed by atoms with Crippen molar-refractivity contribution in [1.82, 2.24) is 15.3 Å². The van der Waals surface area contributed by atoms with Crippen LogP contribution < -0.4 is 16.0 Å². The summed E-state index contributed by atoms with van der Waals surface area (Å²) in [6.07, 6.45) is -4.92. The van der Waals surface area contributed by atoms with Crippen molar-refractivity contribution < 1.29 is 18.3 Å². The van der Waals surface area contributed by atoms with Crippen LogP contribution in [0.4, 0.5) is 24.8 Å². The Morgan fingerprint density at radius 2 is 1.87 bits per heavy atom. The van der Waals surface area contributed by atoms with E-state index >= 15 is 0 Å². The van der Waals surface area contributed by atoms with E-state index in [4.69, 9.17) is 5.73 Å². The number of pyridine rings is 2. The lowest BCUT2D eigenvalue weighted by atomic mass is 10.0. The summed E-state index contributed by atoms with van der Waals surface area (Å²) in [5, 5.41) is 14.2. The third kappa shape index (κ3) is 4.47. The normalized spacial score (nSPS) is 18.1. The van der Waals surface area contributed by atoms with E-state index in [-0.39, 0.29) is 17.4 Å². The topological polar surface area (TPSA) is 87.3 Å². The molecule has 1 aliphatic heterocycles. The second-order valence-electron chi connectivity index (χ2n) is 7.34. The number of anilines is 2. The number of piperazine rings is 1. The van der Waals surface area contributed by atoms with Crippen LogP contribution in [0.1, 0.15) is 34.5 Å². The SMILES string of the molecule is Nc1ncccc1[C@H](O)c1nc(N2CCN[C@@H](c3ccccc3)C2)ccc1C(F)(F)F. The second-order valence-corrected chi connectivity index (χ2v) is 7.34. The van der Waals surface area contributed by atoms with Crippen LogP contribution in [-0.4, -0.2) is 34.7 Å². The van der Waals surface area contributed by atoms with E-state index in [1.165, 1.54) is 24.4 Å². The van der Waals surface area contributed by atoms with Crippen LogP contribution >= 0.6 is 0 Å². The molecular formula is C22H22F3N5O. The molecule has 3 heterocycles. The number of nitrogens with one attached hydrogen (secondary N) is 1. The monoisotopic (exact) mass is 429 g/mol. The van der Waals surface area contributed by atoms with Crippen LogP contribution in [0.5, 0.6) is 0 Å². The van der Waals surface area contributed by atoms with Crippen LogP contribution in [0, 0.1) is 0 Å². The summed E-state index contributed by atoms with van der Waals surface area (Å²) in [6.45, 7) is 1.76. The molecule has 162 valence electrons. The van der Waals surface area contributed by atoms with Crippen LogP contribution in [0.15, 0.2) is 60.8 Å². The molecule has 1 aromatic carbocycles. The molecule has 1 saturated heterocycles. The molecule has 4 rings (SSSR count). The maximum atomic E-state index is 13.7. The lowest BCUT2D eigenvalue weighted by Crippen LogP contribution is -2.46. The zero-order valence-electron chi connectivity index (χ0n) is 16.5. The Labute approximate surface area is 177 Å². The van der Waals surface area contributed by atoms with Gasteiger partial charge in [0.2, 0.25) is 0 Å². The second kappa shape index (κ2) is 8.52. The number of nitrogen functional groups attached to an aromatic ring is 1. The predicted octanol–water partition coefficient (Wildman–Crippen LogP) is 3.31. The summed E-state index contributed by atoms with van der Waals surface area (Å²) in [6, 6.07) is 15.1. The quantitative estimate of drug-likeness (QED) is 0.590. The Balaban J connectivity index is 1.70. The number of aliphatic hydroxyl groups excluding tert-OH is 1. The number of hydrogen-bond donors (Lipinski definition) is 3. The highest BCUT2D eigenvalue weighted by molar-refractivity contribution is 5.49. The number of halogens is 3. The average Bonchev–Trinajstić information content (AvgIpc) is 2.78. The number of aliphatic hydroxyl groups is 1. The van der Waals surface area contributed by atoms with Gasteiger partial charge in [-0.25, -0.2) is 9.97 Å². The number of benzene rings is 1. The molecule has 2 aromatic heterocycles. The highest BCUT2D eigenvalue weighted by Gasteiger charge is 2.37. The first kappa shape index (κ1) is 21.1. The molecule has 0 spiro atoms. The largest absolute Gasteiger partial charge is 0.418 e. The van der Waals surface area contributed by atoms with Gasteiger partial charge < -0.3 is 21.1 Å². The predicted molar refractivity (Wildman–Crippen MR) is 111 cm³/mol. The lowest BCUT2D eigenvalue weighted by molar-refractivity contribution is -0.139. The van der Waals surface area contributed by atoms with Crippen molar-refractivity contribution in [3.05, 3.63) is 83.2 Å². The van der Waals surface area contributed by atoms with Crippen LogP contribution in [0.3, 0.4) is 0 Å². The Hall–Kier alpha value is -3.17. The van der Waals surface area contributed by atoms with E-state index in [1.807, 2.05) is 35.2 Å². The Bertz CT molecular complexity index is 1040. The first-order chi connectivity index (χ1) is 14.8. The first-order valence-corrected chi connectivity index (χ1v) is 9.84. The number of rotatable bonds is 4. The number of nitrogens with two attached hydrogens (primary N) is 1. The zero-order chi connectivity index (χ0) is 22.0. The smallest absolute Gasteiger partial charge is 0.383 e. The van der Waals surface area contributed by atoms with Crippen LogP contribution in [-0.2, 0) is 6.18 Å². The van der Waals surface area contributed by atoms with E-state index in [2.05, 4.69) is 15.3 Å². The summed E-state index contributed by atoms with van der Waals surface area (Å²) in [5.41, 5.74) is 5.47. The highest BCUT2D eigenvalue weighted by atomic mass is 19.4. The molecule has 4 N–H and O–H groups in total. The number of hydrogen-bond acceptors (Lipinski definition) is 6. The maximum absolute atomic E-state index is 13.7. The Kier molecular flexibility index (Phi) is 5.79. The molecule has 9 heteroatoms. The fourth-order valence-corrected chi connectivity index (χ4v) is 3.76. The summed E-state index contributed by atoms with van der Waals surface area (Å²) < 4.78 is 41.0. The van der Waals surface area contributed by atoms with E-state index in [1.54, 1.807) is 0 Å². The van der Waals surface area contributed by atoms with Gasteiger partial charge >= 0.3 is 6.18 Å². The summed E-state index contributed by atoms with van der Waals surface area (Å²) in [4.78, 5) is 10.0. The van der Waals surface area contributed by atoms with Gasteiger partial charge in [0.25, 0.3) is 0 Å². The molecule has 1 aliphatic rings. The molecule has 0 bridgehead atoms. The van der Waals surface area contributed by atoms with Gasteiger partial charge in [-0.1, -0.05) is 36.4 Å². The van der Waals surface area contributed by atoms with Crippen molar-refractivity contribution >= 4 is 11.6 Å². The summed E-state index contributed by atoms with van der Waals surface area (Å²) >= 11 is 0. The van der Waals surface area contributed by atoms with Gasteiger partial charge in [0, 0.05) is 37.4 Å². The number of alkyl halides is 3. The number of nitrogens with zero attached hydrogens (tertiary/aromatic N) is 3. The number of aromatic nitrogens is 2. The molecule has 0 aliphatic carbocycles. The fourth-order valence-electron chi connectivity index (χ4n) is 3.76. The molecular weight excluding hydrogens is 407 g/mol. The van der Waals surface area contributed by atoms with Crippen molar-refractivity contribution in [3.8, 4) is 0 Å². The van der Waals surface area contributed by atoms with Gasteiger partial charge in [-0.2, -0.15) is 13.2 Å². The maximum Gasteiger partial charge on any atom is 0.418 e. The van der Waals surface area contributed by atoms with Gasteiger partial charge in [-0.3, -0.25) is 0 Å². The minimum Gasteiger partial charge on any atom is -0.383 e. The van der Waals surface area contributed by atoms with E-state index in [9.17, 15) is 18.3 Å². The van der Waals surface area contributed by atoms with Crippen molar-refractivity contribution in [2.24, 2.45) is 0 Å². The Morgan fingerprint density at radius 3 is 2.58 bits per heavy atom. The van der Waals surface area contributed by atoms with Crippen LogP contribution in [0.25, 0.3) is 0 Å². The van der Waals surface area contributed by atoms with Gasteiger partial charge in [0.1, 0.15) is 17.7 Å². The third-order valence-corrected chi connectivity index (χ3v) is 5.34. The molecule has 0 unspecified atom stereocenters. The highest BCUT2D eigenvalue weighted by Crippen LogP contribution is 2.38. The van der Waals surface area contributed by atoms with Gasteiger partial charge in [0.15, 0.2) is 0 Å². The standard InChI is InChI=1S/C22H22F3N5O/c23-22(24,25)16-8-9-18(29-19(16)20(31)15-7-4-10-28-21(15)26)30-12-11-27-17(13-30)14-5-2-1-3-6-14/h1-10,17,20,27,31H,11-13H2,(H2,26,28)/t17-,20+/m1/s1. The molecule has 3 aromatic rings. The molecule has 0 amide bonds. The van der Waals surface area contributed by atoms with Gasteiger partial charge in [0.05, 0.1) is 11.3 Å². The molecule has 0 radical (unpaired) electrons. The lowest BCUT2D eigenvalue weighted by Gasteiger charge is -2.35. The van der Waals surface area contributed by atoms with E-state index in [0.717, 1.165) is 11.6 Å². The van der Waals surface area contributed by atoms with E-state index in [0.29, 0.717) is 25.5 Å². The molecule has 1 fully saturated rings. The average molecular weight is 429 g/mol. The fraction of sp³-hybridized carbons (Fsp3) is 0.273. The third-order valence-electron chi connectivity index (χ3n) is 5.34. The molecule has 0 saturated carbocycles. The van der Waals surface area contributed by atoms with Crippen molar-refractivity contribution in [2.45, 2.75) is 18.3 Å². The Morgan fingerprint density at radius 1 is 1.10 bits per heavy atom. The summed E-state index contributed by atoms with van der Waals surface area (Å²) in [7, 11) is 0. The van der Waals surface area contributed by atoms with Crippen molar-refractivity contribution in [1.29, 1.82) is 0 Å². The molecule has 2 atom stereocenters. The molecule has 31 heavy (non-hydrogen) atoms. The minimum absolute atomic E-state index is 0.0152. The van der Waals surface area contributed by atoms with Crippen molar-refractivity contribution in [2.75, 3.05) is 30.3 Å². The van der Waals surface area contributed by atoms with Gasteiger partial charge in [-0.05, 0) is 23.8 Å². The van der Waals surface area contributed by atoms with Crippen LogP contribution in [0.2, 0.25) is 0 Å². The first-order valence-electron chi connectivity index (χ1n) is 9.84. The molecule has 6 nitrogen and oxygen atoms in total. The summed E-state index contributed by atoms with van der Waals surface area (Å²) in [5.74, 6) is 0.327. The van der Waals surface area contributed by atoms with Crippen molar-refractivity contribution in [3.63, 3.8) is 0 Å². The zero-order valence-corrected chi connectivity index (χ0v) is 16.5. The minimum atomic E-state index is -4.67.